The number of hydrogen-bond donors (Lipinski definition) is 2. The van der Waals surface area contributed by atoms with Gasteiger partial charge in [-0.15, -0.1) is 0 Å². The molecule has 0 fully saturated rings. The first-order valence-corrected chi connectivity index (χ1v) is 5.91. The highest BCUT2D eigenvalue weighted by Gasteiger charge is 2.16. The van der Waals surface area contributed by atoms with Crippen molar-refractivity contribution in [3.63, 3.8) is 0 Å². The van der Waals surface area contributed by atoms with Gasteiger partial charge in [-0.05, 0) is 17.9 Å². The summed E-state index contributed by atoms with van der Waals surface area (Å²) in [6.07, 6.45) is 0.828. The summed E-state index contributed by atoms with van der Waals surface area (Å²) in [7, 11) is 0. The number of oxime groups is 1. The van der Waals surface area contributed by atoms with Crippen LogP contribution in [0.2, 0.25) is 0 Å². The first-order chi connectivity index (χ1) is 7.69. The van der Waals surface area contributed by atoms with Gasteiger partial charge >= 0.3 is 0 Å². The van der Waals surface area contributed by atoms with E-state index in [1.54, 1.807) is 16.3 Å². The number of nitrogens with zero attached hydrogens (tertiary/aromatic N) is 2. The van der Waals surface area contributed by atoms with Crippen LogP contribution in [-0.4, -0.2) is 34.9 Å². The van der Waals surface area contributed by atoms with Crippen LogP contribution in [0, 0.1) is 0 Å². The van der Waals surface area contributed by atoms with Crippen LogP contribution in [0.3, 0.4) is 0 Å². The third-order valence-electron chi connectivity index (χ3n) is 2.03. The first-order valence-electron chi connectivity index (χ1n) is 4.97. The van der Waals surface area contributed by atoms with Crippen LogP contribution in [0.15, 0.2) is 22.0 Å². The molecule has 5 nitrogen and oxygen atoms in total. The van der Waals surface area contributed by atoms with Gasteiger partial charge < -0.3 is 15.8 Å². The molecule has 0 spiro atoms. The summed E-state index contributed by atoms with van der Waals surface area (Å²) in [5.74, 6) is -0.0493. The minimum atomic E-state index is -0.0882. The van der Waals surface area contributed by atoms with Crippen LogP contribution in [0.5, 0.6) is 0 Å². The summed E-state index contributed by atoms with van der Waals surface area (Å²) >= 11 is 1.47. The van der Waals surface area contributed by atoms with Crippen molar-refractivity contribution in [2.45, 2.75) is 13.3 Å². The molecule has 1 rings (SSSR count). The van der Waals surface area contributed by atoms with E-state index in [9.17, 15) is 4.79 Å². The average molecular weight is 241 g/mol. The third-order valence-corrected chi connectivity index (χ3v) is 2.71. The van der Waals surface area contributed by atoms with E-state index in [0.717, 1.165) is 6.42 Å². The van der Waals surface area contributed by atoms with Gasteiger partial charge in [-0.25, -0.2) is 0 Å². The van der Waals surface area contributed by atoms with Gasteiger partial charge in [-0.2, -0.15) is 11.3 Å². The molecule has 0 aliphatic carbocycles. The highest BCUT2D eigenvalue weighted by molar-refractivity contribution is 7.08. The molecular weight excluding hydrogens is 226 g/mol. The Morgan fingerprint density at radius 1 is 1.69 bits per heavy atom. The molecule has 3 N–H and O–H groups in total. The lowest BCUT2D eigenvalue weighted by molar-refractivity contribution is 0.0779. The molecule has 0 unspecified atom stereocenters. The van der Waals surface area contributed by atoms with Crippen LogP contribution >= 0.6 is 11.3 Å². The van der Waals surface area contributed by atoms with Crippen LogP contribution in [0.4, 0.5) is 0 Å². The van der Waals surface area contributed by atoms with Crippen molar-refractivity contribution in [1.29, 1.82) is 0 Å². The van der Waals surface area contributed by atoms with Gasteiger partial charge in [-0.1, -0.05) is 12.1 Å². The molecule has 0 saturated heterocycles. The lowest BCUT2D eigenvalue weighted by Gasteiger charge is -2.20. The zero-order chi connectivity index (χ0) is 12.0. The quantitative estimate of drug-likeness (QED) is 0.353. The normalized spacial score (nSPS) is 11.4. The van der Waals surface area contributed by atoms with Gasteiger partial charge in [0.2, 0.25) is 0 Å². The number of rotatable bonds is 5. The van der Waals surface area contributed by atoms with E-state index in [1.807, 2.05) is 12.3 Å². The Hall–Kier alpha value is -1.56. The maximum absolute atomic E-state index is 12.0. The highest BCUT2D eigenvalue weighted by Crippen LogP contribution is 2.09. The van der Waals surface area contributed by atoms with Gasteiger partial charge in [0.05, 0.1) is 12.1 Å². The zero-order valence-electron chi connectivity index (χ0n) is 9.09. The van der Waals surface area contributed by atoms with Crippen LogP contribution in [-0.2, 0) is 0 Å². The Labute approximate surface area is 98.2 Å². The van der Waals surface area contributed by atoms with E-state index < -0.39 is 0 Å². The molecule has 0 aromatic carbocycles. The van der Waals surface area contributed by atoms with Crippen molar-refractivity contribution in [3.8, 4) is 0 Å². The summed E-state index contributed by atoms with van der Waals surface area (Å²) in [6.45, 7) is 2.71. The van der Waals surface area contributed by atoms with Gasteiger partial charge in [0.1, 0.15) is 0 Å². The van der Waals surface area contributed by atoms with E-state index in [-0.39, 0.29) is 18.3 Å². The number of carbonyl (C=O) groups excluding carboxylic acids is 1. The summed E-state index contributed by atoms with van der Waals surface area (Å²) < 4.78 is 0. The Kier molecular flexibility index (Phi) is 4.78. The molecule has 1 amide bonds. The van der Waals surface area contributed by atoms with Crippen molar-refractivity contribution in [1.82, 2.24) is 4.90 Å². The van der Waals surface area contributed by atoms with Gasteiger partial charge in [0.15, 0.2) is 5.84 Å². The van der Waals surface area contributed by atoms with Crippen molar-refractivity contribution >= 4 is 23.1 Å². The second-order valence-corrected chi connectivity index (χ2v) is 4.11. The largest absolute Gasteiger partial charge is 0.409 e. The zero-order valence-corrected chi connectivity index (χ0v) is 9.91. The van der Waals surface area contributed by atoms with E-state index >= 15 is 0 Å². The Balaban J connectivity index is 2.73. The molecule has 0 aliphatic heterocycles. The number of hydrogen-bond acceptors (Lipinski definition) is 4. The lowest BCUT2D eigenvalue weighted by Crippen LogP contribution is -2.38. The Morgan fingerprint density at radius 2 is 2.44 bits per heavy atom. The van der Waals surface area contributed by atoms with Gasteiger partial charge in [0.25, 0.3) is 5.91 Å². The number of nitrogens with two attached hydrogens (primary N) is 1. The van der Waals surface area contributed by atoms with Crippen LogP contribution < -0.4 is 5.73 Å². The molecule has 1 aromatic heterocycles. The van der Waals surface area contributed by atoms with E-state index in [4.69, 9.17) is 10.9 Å². The maximum Gasteiger partial charge on any atom is 0.255 e. The predicted molar refractivity (Wildman–Crippen MR) is 63.9 cm³/mol. The maximum atomic E-state index is 12.0. The van der Waals surface area contributed by atoms with E-state index in [1.165, 1.54) is 11.3 Å². The highest BCUT2D eigenvalue weighted by atomic mass is 32.1. The minimum absolute atomic E-state index is 0.0389. The molecular formula is C10H15N3O2S. The van der Waals surface area contributed by atoms with Crippen molar-refractivity contribution < 1.29 is 10.0 Å². The van der Waals surface area contributed by atoms with Gasteiger partial charge in [0, 0.05) is 11.9 Å². The standard InChI is InChI=1S/C10H15N3O2S/c1-2-4-13(6-9(11)12-15)10(14)8-3-5-16-7-8/h3,5,7,15H,2,4,6H2,1H3,(H2,11,12). The SMILES string of the molecule is CCCN(CC(N)=NO)C(=O)c1ccsc1. The average Bonchev–Trinajstić information content (AvgIpc) is 2.80. The fourth-order valence-electron chi connectivity index (χ4n) is 1.32. The minimum Gasteiger partial charge on any atom is -0.409 e. The molecule has 0 radical (unpaired) electrons. The molecule has 0 aliphatic rings. The fraction of sp³-hybridized carbons (Fsp3) is 0.400. The van der Waals surface area contributed by atoms with Gasteiger partial charge in [-0.3, -0.25) is 4.79 Å². The molecule has 16 heavy (non-hydrogen) atoms. The van der Waals surface area contributed by atoms with Crippen molar-refractivity contribution in [2.75, 3.05) is 13.1 Å². The fourth-order valence-corrected chi connectivity index (χ4v) is 1.95. The third kappa shape index (κ3) is 3.23. The molecule has 6 heteroatoms. The van der Waals surface area contributed by atoms with E-state index in [0.29, 0.717) is 12.1 Å². The first kappa shape index (κ1) is 12.5. The van der Waals surface area contributed by atoms with Crippen molar-refractivity contribution in [3.05, 3.63) is 22.4 Å². The summed E-state index contributed by atoms with van der Waals surface area (Å²) in [5.41, 5.74) is 6.05. The Morgan fingerprint density at radius 3 is 2.94 bits per heavy atom. The molecule has 0 bridgehead atoms. The van der Waals surface area contributed by atoms with Crippen LogP contribution in [0.25, 0.3) is 0 Å². The topological polar surface area (TPSA) is 78.9 Å². The molecule has 1 heterocycles. The molecule has 0 saturated carbocycles. The molecule has 1 aromatic rings. The van der Waals surface area contributed by atoms with Crippen LogP contribution in [0.1, 0.15) is 23.7 Å². The smallest absolute Gasteiger partial charge is 0.255 e. The van der Waals surface area contributed by atoms with E-state index in [2.05, 4.69) is 5.16 Å². The molecule has 0 atom stereocenters. The number of thiophene rings is 1. The lowest BCUT2D eigenvalue weighted by atomic mass is 10.2. The predicted octanol–water partition coefficient (Wildman–Crippen LogP) is 1.35. The second kappa shape index (κ2) is 6.12. The number of carbonyl (C=O) groups is 1. The monoisotopic (exact) mass is 241 g/mol. The summed E-state index contributed by atoms with van der Waals surface area (Å²) in [4.78, 5) is 13.6. The Bertz CT molecular complexity index is 362. The second-order valence-electron chi connectivity index (χ2n) is 3.33. The number of amidine groups is 1. The van der Waals surface area contributed by atoms with Crippen molar-refractivity contribution in [2.24, 2.45) is 10.9 Å². The number of amides is 1. The molecule has 88 valence electrons. The summed E-state index contributed by atoms with van der Waals surface area (Å²) in [5, 5.41) is 15.0. The summed E-state index contributed by atoms with van der Waals surface area (Å²) in [6, 6.07) is 1.77.